The van der Waals surface area contributed by atoms with Gasteiger partial charge in [0.15, 0.2) is 5.78 Å². The quantitative estimate of drug-likeness (QED) is 0.409. The Morgan fingerprint density at radius 2 is 1.86 bits per heavy atom. The minimum Gasteiger partial charge on any atom is -0.497 e. The van der Waals surface area contributed by atoms with Crippen LogP contribution in [0, 0.1) is 6.92 Å². The number of esters is 1. The third-order valence-corrected chi connectivity index (χ3v) is 4.01. The first-order chi connectivity index (χ1) is 13.8. The number of hydrogen-bond acceptors (Lipinski definition) is 7. The average molecular weight is 401 g/mol. The lowest BCUT2D eigenvalue weighted by atomic mass is 10.1. The van der Waals surface area contributed by atoms with E-state index in [1.165, 1.54) is 27.0 Å². The van der Waals surface area contributed by atoms with Crippen LogP contribution in [0.25, 0.3) is 6.08 Å². The predicted octanol–water partition coefficient (Wildman–Crippen LogP) is 3.64. The van der Waals surface area contributed by atoms with E-state index in [2.05, 4.69) is 5.32 Å². The highest BCUT2D eigenvalue weighted by Gasteiger charge is 2.28. The number of benzene rings is 1. The maximum absolute atomic E-state index is 12.4. The molecule has 154 valence electrons. The third-order valence-electron chi connectivity index (χ3n) is 4.01. The third kappa shape index (κ3) is 5.04. The van der Waals surface area contributed by atoms with Crippen molar-refractivity contribution < 1.29 is 33.0 Å². The van der Waals surface area contributed by atoms with Crippen molar-refractivity contribution in [3.8, 4) is 11.5 Å². The van der Waals surface area contributed by atoms with Gasteiger partial charge in [-0.15, -0.1) is 0 Å². The number of nitrogens with one attached hydrogen (secondary N) is 1. The summed E-state index contributed by atoms with van der Waals surface area (Å²) >= 11 is 0. The lowest BCUT2D eigenvalue weighted by molar-refractivity contribution is -0.111. The molecule has 8 heteroatoms. The number of hydrogen-bond donors (Lipinski definition) is 1. The van der Waals surface area contributed by atoms with E-state index < -0.39 is 11.9 Å². The van der Waals surface area contributed by atoms with Gasteiger partial charge in [-0.1, -0.05) is 0 Å². The molecule has 0 fully saturated rings. The van der Waals surface area contributed by atoms with Crippen molar-refractivity contribution in [3.63, 3.8) is 0 Å². The molecule has 8 nitrogen and oxygen atoms in total. The molecule has 0 aliphatic carbocycles. The number of ketones is 1. The van der Waals surface area contributed by atoms with Gasteiger partial charge in [-0.2, -0.15) is 0 Å². The molecule has 1 heterocycles. The smallest absolute Gasteiger partial charge is 0.344 e. The Labute approximate surface area is 168 Å². The number of furan rings is 1. The van der Waals surface area contributed by atoms with Gasteiger partial charge in [-0.05, 0) is 39.0 Å². The fourth-order valence-electron chi connectivity index (χ4n) is 2.73. The lowest BCUT2D eigenvalue weighted by Gasteiger charge is -2.07. The first kappa shape index (κ1) is 21.7. The minimum absolute atomic E-state index is 0.0829. The van der Waals surface area contributed by atoms with E-state index in [0.29, 0.717) is 17.1 Å². The van der Waals surface area contributed by atoms with Gasteiger partial charge in [0.2, 0.25) is 5.88 Å². The molecule has 29 heavy (non-hydrogen) atoms. The number of rotatable bonds is 8. The van der Waals surface area contributed by atoms with Crippen molar-refractivity contribution in [2.45, 2.75) is 20.8 Å². The van der Waals surface area contributed by atoms with Crippen molar-refractivity contribution >= 4 is 29.6 Å². The van der Waals surface area contributed by atoms with Crippen LogP contribution in [-0.4, -0.2) is 38.5 Å². The zero-order chi connectivity index (χ0) is 21.6. The maximum atomic E-state index is 12.4. The normalized spacial score (nSPS) is 10.7. The van der Waals surface area contributed by atoms with Gasteiger partial charge < -0.3 is 18.6 Å². The molecule has 1 aromatic carbocycles. The zero-order valence-corrected chi connectivity index (χ0v) is 17.0. The first-order valence-corrected chi connectivity index (χ1v) is 8.84. The van der Waals surface area contributed by atoms with E-state index in [4.69, 9.17) is 18.6 Å². The Morgan fingerprint density at radius 1 is 1.14 bits per heavy atom. The van der Waals surface area contributed by atoms with Crippen molar-refractivity contribution in [2.75, 3.05) is 26.1 Å². The number of Topliss-reactive ketones (excluding diaryl/α,β-unsaturated/α-hetero) is 1. The number of carbonyl (C=O) groups is 3. The molecule has 0 aliphatic heterocycles. The molecule has 0 saturated carbocycles. The van der Waals surface area contributed by atoms with Crippen LogP contribution < -0.4 is 14.8 Å². The first-order valence-electron chi connectivity index (χ1n) is 8.84. The van der Waals surface area contributed by atoms with E-state index in [1.54, 1.807) is 38.3 Å². The molecule has 0 atom stereocenters. The molecule has 1 aromatic heterocycles. The fraction of sp³-hybridized carbons (Fsp3) is 0.286. The van der Waals surface area contributed by atoms with Gasteiger partial charge in [0.05, 0.1) is 26.4 Å². The summed E-state index contributed by atoms with van der Waals surface area (Å²) in [5, 5.41) is 2.49. The molecular formula is C21H23NO7. The van der Waals surface area contributed by atoms with Crippen molar-refractivity contribution in [1.29, 1.82) is 0 Å². The molecule has 2 rings (SSSR count). The van der Waals surface area contributed by atoms with Gasteiger partial charge in [0, 0.05) is 17.7 Å². The summed E-state index contributed by atoms with van der Waals surface area (Å²) in [6.45, 7) is 4.60. The Kier molecular flexibility index (Phi) is 7.19. The minimum atomic E-state index is -0.745. The van der Waals surface area contributed by atoms with Crippen LogP contribution in [0.2, 0.25) is 0 Å². The molecule has 0 spiro atoms. The summed E-state index contributed by atoms with van der Waals surface area (Å²) < 4.78 is 20.8. The summed E-state index contributed by atoms with van der Waals surface area (Å²) in [7, 11) is 3.05. The van der Waals surface area contributed by atoms with Crippen LogP contribution in [-0.2, 0) is 9.53 Å². The van der Waals surface area contributed by atoms with Crippen LogP contribution in [0.5, 0.6) is 11.5 Å². The van der Waals surface area contributed by atoms with Crippen molar-refractivity contribution in [2.24, 2.45) is 0 Å². The van der Waals surface area contributed by atoms with Gasteiger partial charge in [-0.25, -0.2) is 4.79 Å². The van der Waals surface area contributed by atoms with Crippen molar-refractivity contribution in [3.05, 3.63) is 46.7 Å². The topological polar surface area (TPSA) is 104 Å². The molecule has 0 aliphatic rings. The van der Waals surface area contributed by atoms with E-state index >= 15 is 0 Å². The average Bonchev–Trinajstić information content (AvgIpc) is 3.02. The monoisotopic (exact) mass is 401 g/mol. The molecular weight excluding hydrogens is 378 g/mol. The Morgan fingerprint density at radius 3 is 2.45 bits per heavy atom. The molecule has 0 bridgehead atoms. The summed E-state index contributed by atoms with van der Waals surface area (Å²) in [4.78, 5) is 36.6. The zero-order valence-electron chi connectivity index (χ0n) is 17.0. The van der Waals surface area contributed by atoms with Crippen LogP contribution in [0.15, 0.2) is 28.7 Å². The SMILES string of the molecule is CCOC(=O)c1c(NC(=O)/C=C/c2ccc(OC)cc2OC)oc(C)c1C(C)=O. The molecule has 0 saturated heterocycles. The van der Waals surface area contributed by atoms with Crippen molar-refractivity contribution in [1.82, 2.24) is 0 Å². The van der Waals surface area contributed by atoms with Gasteiger partial charge >= 0.3 is 5.97 Å². The Balaban J connectivity index is 2.29. The van der Waals surface area contributed by atoms with Gasteiger partial charge in [-0.3, -0.25) is 14.9 Å². The summed E-state index contributed by atoms with van der Waals surface area (Å²) in [5.41, 5.74) is 0.634. The van der Waals surface area contributed by atoms with E-state index in [1.807, 2.05) is 0 Å². The second-order valence-electron chi connectivity index (χ2n) is 5.94. The number of ether oxygens (including phenoxy) is 3. The number of carbonyl (C=O) groups excluding carboxylic acids is 3. The van der Waals surface area contributed by atoms with Gasteiger partial charge in [0.1, 0.15) is 22.8 Å². The second kappa shape index (κ2) is 9.59. The summed E-state index contributed by atoms with van der Waals surface area (Å²) in [6, 6.07) is 5.15. The molecule has 0 radical (unpaired) electrons. The van der Waals surface area contributed by atoms with Crippen LogP contribution >= 0.6 is 0 Å². The number of amides is 1. The molecule has 1 N–H and O–H groups in total. The van der Waals surface area contributed by atoms with E-state index in [-0.39, 0.29) is 35.2 Å². The molecule has 0 unspecified atom stereocenters. The number of anilines is 1. The Hall–Kier alpha value is -3.55. The van der Waals surface area contributed by atoms with Gasteiger partial charge in [0.25, 0.3) is 5.91 Å². The highest BCUT2D eigenvalue weighted by molar-refractivity contribution is 6.12. The van der Waals surface area contributed by atoms with Crippen LogP contribution in [0.3, 0.4) is 0 Å². The van der Waals surface area contributed by atoms with E-state index in [0.717, 1.165) is 0 Å². The predicted molar refractivity (Wildman–Crippen MR) is 107 cm³/mol. The maximum Gasteiger partial charge on any atom is 0.344 e. The Bertz CT molecular complexity index is 956. The highest BCUT2D eigenvalue weighted by atomic mass is 16.5. The number of methoxy groups -OCH3 is 2. The second-order valence-corrected chi connectivity index (χ2v) is 5.94. The van der Waals surface area contributed by atoms with Crippen LogP contribution in [0.4, 0.5) is 5.88 Å². The number of aryl methyl sites for hydroxylation is 1. The largest absolute Gasteiger partial charge is 0.497 e. The standard InChI is InChI=1S/C21H23NO7/c1-6-28-21(25)19-18(12(2)23)13(3)29-20(19)22-17(24)10-8-14-7-9-15(26-4)11-16(14)27-5/h7-11H,6H2,1-5H3,(H,22,24)/b10-8+. The van der Waals surface area contributed by atoms with Crippen LogP contribution in [0.1, 0.15) is 45.9 Å². The summed E-state index contributed by atoms with van der Waals surface area (Å²) in [6.07, 6.45) is 2.80. The lowest BCUT2D eigenvalue weighted by Crippen LogP contribution is -2.14. The summed E-state index contributed by atoms with van der Waals surface area (Å²) in [5.74, 6) is -0.450. The molecule has 2 aromatic rings. The molecule has 1 amide bonds. The fourth-order valence-corrected chi connectivity index (χ4v) is 2.73. The highest BCUT2D eigenvalue weighted by Crippen LogP contribution is 2.29. The van der Waals surface area contributed by atoms with E-state index in [9.17, 15) is 14.4 Å².